The van der Waals surface area contributed by atoms with E-state index in [1.165, 1.54) is 18.1 Å². The molecule has 3 rings (SSSR count). The number of amides is 1. The van der Waals surface area contributed by atoms with Gasteiger partial charge in [-0.15, -0.1) is 0 Å². The molecule has 0 aliphatic carbocycles. The van der Waals surface area contributed by atoms with Crippen molar-refractivity contribution in [3.63, 3.8) is 0 Å². The maximum Gasteiger partial charge on any atom is 0.356 e. The van der Waals surface area contributed by atoms with Crippen molar-refractivity contribution < 1.29 is 32.9 Å². The minimum atomic E-state index is -1.45. The molecule has 1 amide bonds. The molecule has 1 fully saturated rings. The molecule has 0 radical (unpaired) electrons. The molecule has 3 unspecified atom stereocenters. The summed E-state index contributed by atoms with van der Waals surface area (Å²) in [6.45, 7) is 1.23. The van der Waals surface area contributed by atoms with Crippen LogP contribution in [0.15, 0.2) is 51.5 Å². The Morgan fingerprint density at radius 1 is 1.25 bits per heavy atom. The van der Waals surface area contributed by atoms with Crippen molar-refractivity contribution in [2.24, 2.45) is 5.92 Å². The Morgan fingerprint density at radius 2 is 1.94 bits per heavy atom. The molecule has 1 aromatic rings. The van der Waals surface area contributed by atoms with Gasteiger partial charge >= 0.3 is 11.9 Å². The van der Waals surface area contributed by atoms with Crippen molar-refractivity contribution in [2.75, 3.05) is 19.5 Å². The molecule has 32 heavy (non-hydrogen) atoms. The standard InChI is InChI=1S/C22H22BrNO7S/c1-3-32(29)18-11-16-15(5-4-6-19(26)30-2)21(27)24(16)20(18)22(28)31-12-17(25)13-7-9-14(23)10-8-13/h4,6-10,15-16H,3,5,11-12H2,1-2H3/b6-4+. The van der Waals surface area contributed by atoms with Crippen LogP contribution in [0.25, 0.3) is 0 Å². The van der Waals surface area contributed by atoms with E-state index in [2.05, 4.69) is 20.7 Å². The van der Waals surface area contributed by atoms with E-state index < -0.39 is 35.3 Å². The molecule has 0 N–H and O–H groups in total. The van der Waals surface area contributed by atoms with Gasteiger partial charge in [-0.2, -0.15) is 0 Å². The maximum absolute atomic E-state index is 12.8. The summed E-state index contributed by atoms with van der Waals surface area (Å²) < 4.78 is 23.1. The third-order valence-electron chi connectivity index (χ3n) is 5.33. The minimum Gasteiger partial charge on any atom is -0.466 e. The van der Waals surface area contributed by atoms with Crippen molar-refractivity contribution in [3.8, 4) is 0 Å². The molecule has 1 aromatic carbocycles. The molecule has 170 valence electrons. The molecular weight excluding hydrogens is 502 g/mol. The zero-order chi connectivity index (χ0) is 23.4. The Bertz CT molecular complexity index is 1030. The minimum absolute atomic E-state index is 0.0306. The van der Waals surface area contributed by atoms with E-state index >= 15 is 0 Å². The third kappa shape index (κ3) is 4.91. The predicted octanol–water partition coefficient (Wildman–Crippen LogP) is 2.51. The number of benzene rings is 1. The average molecular weight is 524 g/mol. The van der Waals surface area contributed by atoms with E-state index in [4.69, 9.17) is 4.74 Å². The predicted molar refractivity (Wildman–Crippen MR) is 120 cm³/mol. The van der Waals surface area contributed by atoms with Crippen molar-refractivity contribution in [2.45, 2.75) is 25.8 Å². The highest BCUT2D eigenvalue weighted by Crippen LogP contribution is 2.45. The lowest BCUT2D eigenvalue weighted by Gasteiger charge is -2.43. The summed E-state index contributed by atoms with van der Waals surface area (Å²) >= 11 is 3.29. The summed E-state index contributed by atoms with van der Waals surface area (Å²) in [5.41, 5.74) is 0.353. The maximum atomic E-state index is 12.8. The topological polar surface area (TPSA) is 107 Å². The average Bonchev–Trinajstić information content (AvgIpc) is 3.15. The number of Topliss-reactive ketones (excluding diaryl/α,β-unsaturated/α-hetero) is 1. The zero-order valence-electron chi connectivity index (χ0n) is 17.5. The fourth-order valence-corrected chi connectivity index (χ4v) is 5.04. The van der Waals surface area contributed by atoms with Crippen LogP contribution in [-0.4, -0.2) is 58.2 Å². The molecular formula is C22H22BrNO7S. The molecule has 2 aliphatic heterocycles. The van der Waals surface area contributed by atoms with Gasteiger partial charge in [0.25, 0.3) is 0 Å². The molecule has 8 nitrogen and oxygen atoms in total. The molecule has 2 aliphatic rings. The van der Waals surface area contributed by atoms with Gasteiger partial charge in [0.1, 0.15) is 5.70 Å². The molecule has 3 atom stereocenters. The van der Waals surface area contributed by atoms with Crippen LogP contribution in [0.4, 0.5) is 0 Å². The lowest BCUT2D eigenvalue weighted by atomic mass is 9.84. The number of rotatable bonds is 9. The van der Waals surface area contributed by atoms with Crippen LogP contribution in [0.3, 0.4) is 0 Å². The molecule has 10 heteroatoms. The van der Waals surface area contributed by atoms with E-state index in [0.717, 1.165) is 4.47 Å². The van der Waals surface area contributed by atoms with Crippen LogP contribution in [0, 0.1) is 5.92 Å². The number of ketones is 1. The van der Waals surface area contributed by atoms with Crippen molar-refractivity contribution in [1.29, 1.82) is 0 Å². The Labute approximate surface area is 196 Å². The first-order valence-corrected chi connectivity index (χ1v) is 12.0. The number of nitrogens with zero attached hydrogens (tertiary/aromatic N) is 1. The molecule has 0 saturated carbocycles. The monoisotopic (exact) mass is 523 g/mol. The first kappa shape index (κ1) is 24.1. The smallest absolute Gasteiger partial charge is 0.356 e. The number of ether oxygens (including phenoxy) is 2. The summed E-state index contributed by atoms with van der Waals surface area (Å²) in [6.07, 6.45) is 3.38. The fraction of sp³-hybridized carbons (Fsp3) is 0.364. The highest BCUT2D eigenvalue weighted by atomic mass is 79.9. The Kier molecular flexibility index (Phi) is 7.78. The van der Waals surface area contributed by atoms with Gasteiger partial charge in [0.2, 0.25) is 5.91 Å². The second-order valence-corrected chi connectivity index (χ2v) is 9.84. The van der Waals surface area contributed by atoms with Crippen molar-refractivity contribution >= 4 is 50.4 Å². The first-order chi connectivity index (χ1) is 15.3. The normalized spacial score (nSPS) is 20.7. The summed E-state index contributed by atoms with van der Waals surface area (Å²) in [6, 6.07) is 6.28. The van der Waals surface area contributed by atoms with Crippen molar-refractivity contribution in [1.82, 2.24) is 4.90 Å². The largest absolute Gasteiger partial charge is 0.466 e. The van der Waals surface area contributed by atoms with Crippen molar-refractivity contribution in [3.05, 3.63) is 57.1 Å². The van der Waals surface area contributed by atoms with Crippen LogP contribution in [0.5, 0.6) is 0 Å². The number of hydrogen-bond donors (Lipinski definition) is 0. The van der Waals surface area contributed by atoms with Crippen LogP contribution < -0.4 is 0 Å². The first-order valence-electron chi connectivity index (χ1n) is 9.93. The van der Waals surface area contributed by atoms with E-state index in [-0.39, 0.29) is 35.6 Å². The molecule has 1 saturated heterocycles. The Morgan fingerprint density at radius 3 is 2.56 bits per heavy atom. The van der Waals surface area contributed by atoms with Crippen LogP contribution >= 0.6 is 15.9 Å². The van der Waals surface area contributed by atoms with Crippen LogP contribution in [-0.2, 0) is 34.7 Å². The zero-order valence-corrected chi connectivity index (χ0v) is 19.9. The lowest BCUT2D eigenvalue weighted by molar-refractivity contribution is -0.156. The number of esters is 2. The number of fused-ring (bicyclic) bond motifs is 1. The van der Waals surface area contributed by atoms with Gasteiger partial charge in [0, 0.05) is 33.2 Å². The number of halogens is 1. The summed E-state index contributed by atoms with van der Waals surface area (Å²) in [5, 5.41) is 0. The summed E-state index contributed by atoms with van der Waals surface area (Å²) in [5.74, 6) is -2.21. The Balaban J connectivity index is 1.71. The third-order valence-corrected chi connectivity index (χ3v) is 7.29. The summed E-state index contributed by atoms with van der Waals surface area (Å²) in [7, 11) is -0.190. The van der Waals surface area contributed by atoms with Gasteiger partial charge in [-0.25, -0.2) is 9.59 Å². The Hall–Kier alpha value is -2.59. The number of hydrogen-bond acceptors (Lipinski definition) is 7. The van der Waals surface area contributed by atoms with E-state index in [1.807, 2.05) is 0 Å². The highest BCUT2D eigenvalue weighted by Gasteiger charge is 2.55. The highest BCUT2D eigenvalue weighted by molar-refractivity contribution is 9.10. The van der Waals surface area contributed by atoms with Gasteiger partial charge in [0.15, 0.2) is 12.4 Å². The van der Waals surface area contributed by atoms with Gasteiger partial charge in [-0.05, 0) is 18.6 Å². The second kappa shape index (κ2) is 10.4. The SMILES string of the molecule is CCS(=O)C1=C(C(=O)OCC(=O)c2ccc(Br)cc2)N2C(=O)C(C/C=C/C(=O)OC)C2C1. The molecule has 0 spiro atoms. The van der Waals surface area contributed by atoms with Gasteiger partial charge in [-0.1, -0.05) is 41.1 Å². The van der Waals surface area contributed by atoms with Crippen LogP contribution in [0.2, 0.25) is 0 Å². The molecule has 0 aromatic heterocycles. The summed E-state index contributed by atoms with van der Waals surface area (Å²) in [4.78, 5) is 50.7. The van der Waals surface area contributed by atoms with Crippen LogP contribution in [0.1, 0.15) is 30.1 Å². The lowest BCUT2D eigenvalue weighted by Crippen LogP contribution is -2.58. The van der Waals surface area contributed by atoms with Gasteiger partial charge in [-0.3, -0.25) is 13.8 Å². The van der Waals surface area contributed by atoms with E-state index in [1.54, 1.807) is 37.3 Å². The quantitative estimate of drug-likeness (QED) is 0.212. The second-order valence-electron chi connectivity index (χ2n) is 7.16. The van der Waals surface area contributed by atoms with E-state index in [9.17, 15) is 23.4 Å². The fourth-order valence-electron chi connectivity index (χ4n) is 3.68. The number of carbonyl (C=O) groups is 4. The number of carbonyl (C=O) groups excluding carboxylic acids is 4. The number of allylic oxidation sites excluding steroid dienone is 1. The van der Waals surface area contributed by atoms with E-state index in [0.29, 0.717) is 16.9 Å². The molecule has 2 heterocycles. The molecule has 0 bridgehead atoms. The number of methoxy groups -OCH3 is 1. The number of β-lactam (4-membered cyclic amide) rings is 1. The van der Waals surface area contributed by atoms with Gasteiger partial charge in [0.05, 0.1) is 29.9 Å². The van der Waals surface area contributed by atoms with Gasteiger partial charge < -0.3 is 14.4 Å².